The standard InChI is InChI=1S/C78H58BN3/c1-77(2,3)52-44-53(78(4,5)6)46-57(45-52)81-70-42-50-40-66-64-32-20-18-30-62(64)61-29-17-19-31-63(61)65(66)39-49(50)41-68(70)79-75-71(81)43-51-37-56(80(54-23-9-7-10-24-54)55-25-11-8-12-26-55)34-35-60(51)72(75)67-38-48-22-14-16-28-59(48)74-73-58-27-15-13-21-47(58)33-36-69(73)82(79)76(67)74/h7-46H,1-6H3. The summed E-state index contributed by atoms with van der Waals surface area (Å²) in [6.07, 6.45) is 0. The molecule has 0 saturated heterocycles. The van der Waals surface area contributed by atoms with E-state index in [-0.39, 0.29) is 17.7 Å². The van der Waals surface area contributed by atoms with Crippen LogP contribution in [0, 0.1) is 0 Å². The molecule has 0 amide bonds. The lowest BCUT2D eigenvalue weighted by atomic mass is 9.44. The van der Waals surface area contributed by atoms with Crippen LogP contribution in [0.1, 0.15) is 52.7 Å². The molecule has 0 unspecified atom stereocenters. The molecule has 0 aliphatic carbocycles. The highest BCUT2D eigenvalue weighted by Crippen LogP contribution is 2.53. The van der Waals surface area contributed by atoms with Crippen LogP contribution < -0.4 is 20.7 Å². The number of fused-ring (bicyclic) bond motifs is 20. The Labute approximate surface area is 478 Å². The van der Waals surface area contributed by atoms with Gasteiger partial charge in [-0.2, -0.15) is 0 Å². The first-order valence-electron chi connectivity index (χ1n) is 29.1. The van der Waals surface area contributed by atoms with Gasteiger partial charge in [-0.05, 0) is 199 Å². The SMILES string of the molecule is CC(C)(C)c1cc(N2c3cc4cc5c6ccccc6c6ccccc6c5cc4cc3B3c4c2cc2cc(N(c5ccccc5)c5ccccc5)ccc2c4-c2cc4ccccc4c4c5c6ccccc6ccc5n3c24)cc(C(C)(C)C)c1. The Balaban J connectivity index is 1.07. The van der Waals surface area contributed by atoms with Crippen molar-refractivity contribution in [3.8, 4) is 11.1 Å². The van der Waals surface area contributed by atoms with E-state index in [0.717, 1.165) is 17.1 Å². The molecule has 0 saturated carbocycles. The van der Waals surface area contributed by atoms with Gasteiger partial charge in [0.1, 0.15) is 0 Å². The van der Waals surface area contributed by atoms with Crippen molar-refractivity contribution in [2.24, 2.45) is 0 Å². The van der Waals surface area contributed by atoms with Crippen LogP contribution in [0.15, 0.2) is 243 Å². The molecular formula is C78H58BN3. The molecule has 2 aliphatic rings. The van der Waals surface area contributed by atoms with Crippen LogP contribution in [0.25, 0.3) is 108 Å². The summed E-state index contributed by atoms with van der Waals surface area (Å²) < 4.78 is 2.77. The van der Waals surface area contributed by atoms with Gasteiger partial charge in [0.15, 0.2) is 0 Å². The highest BCUT2D eigenvalue weighted by atomic mass is 15.2. The van der Waals surface area contributed by atoms with Crippen LogP contribution >= 0.6 is 0 Å². The minimum atomic E-state index is -0.179. The van der Waals surface area contributed by atoms with Crippen LogP contribution in [-0.4, -0.2) is 11.3 Å². The lowest BCUT2D eigenvalue weighted by Gasteiger charge is -2.42. The van der Waals surface area contributed by atoms with Gasteiger partial charge < -0.3 is 14.3 Å². The van der Waals surface area contributed by atoms with Crippen molar-refractivity contribution in [3.05, 3.63) is 254 Å². The monoisotopic (exact) mass is 1050 g/mol. The molecule has 0 radical (unpaired) electrons. The Morgan fingerprint density at radius 3 is 1.49 bits per heavy atom. The van der Waals surface area contributed by atoms with Crippen LogP contribution in [-0.2, 0) is 10.8 Å². The van der Waals surface area contributed by atoms with Crippen molar-refractivity contribution in [1.29, 1.82) is 0 Å². The Kier molecular flexibility index (Phi) is 9.76. The van der Waals surface area contributed by atoms with E-state index in [1.807, 2.05) is 0 Å². The maximum Gasteiger partial charge on any atom is 0.333 e. The molecule has 388 valence electrons. The summed E-state index contributed by atoms with van der Waals surface area (Å²) in [5.41, 5.74) is 17.1. The minimum Gasteiger partial charge on any atom is -0.375 e. The first-order valence-corrected chi connectivity index (χ1v) is 29.1. The largest absolute Gasteiger partial charge is 0.375 e. The maximum absolute atomic E-state index is 2.77. The van der Waals surface area contributed by atoms with Gasteiger partial charge in [0.25, 0.3) is 0 Å². The van der Waals surface area contributed by atoms with Gasteiger partial charge in [-0.15, -0.1) is 0 Å². The predicted molar refractivity (Wildman–Crippen MR) is 355 cm³/mol. The predicted octanol–water partition coefficient (Wildman–Crippen LogP) is 20.3. The summed E-state index contributed by atoms with van der Waals surface area (Å²) in [5.74, 6) is 0. The third-order valence-electron chi connectivity index (χ3n) is 18.4. The molecule has 4 heteroatoms. The molecule has 15 aromatic rings. The van der Waals surface area contributed by atoms with E-state index < -0.39 is 0 Å². The zero-order chi connectivity index (χ0) is 54.9. The van der Waals surface area contributed by atoms with Crippen molar-refractivity contribution in [2.75, 3.05) is 9.80 Å². The summed E-state index contributed by atoms with van der Waals surface area (Å²) in [4.78, 5) is 5.09. The van der Waals surface area contributed by atoms with Gasteiger partial charge in [0.05, 0.1) is 0 Å². The van der Waals surface area contributed by atoms with E-state index in [2.05, 4.69) is 298 Å². The summed E-state index contributed by atoms with van der Waals surface area (Å²) in [6, 6.07) is 92.6. The molecular weight excluding hydrogens is 990 g/mol. The van der Waals surface area contributed by atoms with E-state index in [1.165, 1.54) is 147 Å². The number of nitrogens with zero attached hydrogens (tertiary/aromatic N) is 3. The summed E-state index contributed by atoms with van der Waals surface area (Å²) in [7, 11) is 0. The smallest absolute Gasteiger partial charge is 0.333 e. The van der Waals surface area contributed by atoms with Gasteiger partial charge >= 0.3 is 6.85 Å². The normalized spacial score (nSPS) is 13.2. The van der Waals surface area contributed by atoms with Crippen molar-refractivity contribution in [1.82, 2.24) is 4.48 Å². The molecule has 14 aromatic carbocycles. The molecule has 3 nitrogen and oxygen atoms in total. The zero-order valence-electron chi connectivity index (χ0n) is 47.0. The number of hydrogen-bond acceptors (Lipinski definition) is 2. The molecule has 0 spiro atoms. The molecule has 0 N–H and O–H groups in total. The van der Waals surface area contributed by atoms with Crippen LogP contribution in [0.4, 0.5) is 34.1 Å². The topological polar surface area (TPSA) is 11.4 Å². The average Bonchev–Trinajstić information content (AvgIpc) is 3.93. The third-order valence-corrected chi connectivity index (χ3v) is 18.4. The third kappa shape index (κ3) is 6.73. The molecule has 3 heterocycles. The highest BCUT2D eigenvalue weighted by molar-refractivity contribution is 6.90. The van der Waals surface area contributed by atoms with Crippen molar-refractivity contribution < 1.29 is 0 Å². The number of hydrogen-bond donors (Lipinski definition) is 0. The van der Waals surface area contributed by atoms with Gasteiger partial charge in [-0.3, -0.25) is 0 Å². The first-order chi connectivity index (χ1) is 39.9. The summed E-state index contributed by atoms with van der Waals surface area (Å²) in [5, 5.41) is 20.3. The highest BCUT2D eigenvalue weighted by Gasteiger charge is 2.45. The van der Waals surface area contributed by atoms with E-state index in [4.69, 9.17) is 0 Å². The molecule has 0 bridgehead atoms. The number of para-hydroxylation sites is 2. The second kappa shape index (κ2) is 17.0. The molecule has 0 fully saturated rings. The maximum atomic E-state index is 2.77. The Morgan fingerprint density at radius 2 is 0.878 bits per heavy atom. The van der Waals surface area contributed by atoms with Crippen molar-refractivity contribution >= 4 is 149 Å². The quantitative estimate of drug-likeness (QED) is 0.0989. The molecule has 0 atom stereocenters. The minimum absolute atomic E-state index is 0.113. The number of anilines is 6. The van der Waals surface area contributed by atoms with E-state index in [0.29, 0.717) is 0 Å². The number of rotatable bonds is 4. The van der Waals surface area contributed by atoms with Crippen molar-refractivity contribution in [2.45, 2.75) is 52.4 Å². The zero-order valence-corrected chi connectivity index (χ0v) is 47.0. The van der Waals surface area contributed by atoms with E-state index in [9.17, 15) is 0 Å². The molecule has 1 aromatic heterocycles. The van der Waals surface area contributed by atoms with Gasteiger partial charge in [-0.1, -0.05) is 199 Å². The lowest BCUT2D eigenvalue weighted by molar-refractivity contribution is 0.569. The van der Waals surface area contributed by atoms with Crippen LogP contribution in [0.2, 0.25) is 0 Å². The van der Waals surface area contributed by atoms with Crippen molar-refractivity contribution in [3.63, 3.8) is 0 Å². The Hall–Kier alpha value is -9.64. The van der Waals surface area contributed by atoms with Crippen LogP contribution in [0.5, 0.6) is 0 Å². The molecule has 2 aliphatic heterocycles. The fourth-order valence-corrected chi connectivity index (χ4v) is 14.6. The Morgan fingerprint density at radius 1 is 0.354 bits per heavy atom. The Bertz CT molecular complexity index is 5180. The van der Waals surface area contributed by atoms with Crippen LogP contribution in [0.3, 0.4) is 0 Å². The van der Waals surface area contributed by atoms with E-state index in [1.54, 1.807) is 0 Å². The molecule has 82 heavy (non-hydrogen) atoms. The summed E-state index contributed by atoms with van der Waals surface area (Å²) in [6.45, 7) is 14.0. The van der Waals surface area contributed by atoms with Gasteiger partial charge in [0, 0.05) is 61.5 Å². The van der Waals surface area contributed by atoms with Gasteiger partial charge in [0.2, 0.25) is 0 Å². The number of aromatic nitrogens is 1. The fraction of sp³-hybridized carbons (Fsp3) is 0.103. The van der Waals surface area contributed by atoms with Gasteiger partial charge in [-0.25, -0.2) is 0 Å². The molecule has 17 rings (SSSR count). The lowest BCUT2D eigenvalue weighted by Crippen LogP contribution is -2.56. The fourth-order valence-electron chi connectivity index (χ4n) is 14.6. The van der Waals surface area contributed by atoms with E-state index >= 15 is 0 Å². The first kappa shape index (κ1) is 47.2. The second-order valence-electron chi connectivity index (χ2n) is 25.3. The average molecular weight is 1050 g/mol. The number of benzene rings is 14. The second-order valence-corrected chi connectivity index (χ2v) is 25.3. The summed E-state index contributed by atoms with van der Waals surface area (Å²) >= 11 is 0.